The number of carbonyl (C=O) groups excluding carboxylic acids is 1. The molecule has 3 N–H and O–H groups in total. The fraction of sp³-hybridized carbons (Fsp3) is 0.917. The van der Waals surface area contributed by atoms with Gasteiger partial charge in [0.05, 0.1) is 6.04 Å². The van der Waals surface area contributed by atoms with Gasteiger partial charge in [-0.2, -0.15) is 0 Å². The summed E-state index contributed by atoms with van der Waals surface area (Å²) in [5, 5.41) is 2.98. The molecule has 1 heterocycles. The van der Waals surface area contributed by atoms with Gasteiger partial charge >= 0.3 is 0 Å². The SMILES string of the molecule is CNC(CN1CC(C)CC(C)C1C)C(N)=O. The van der Waals surface area contributed by atoms with Gasteiger partial charge in [-0.15, -0.1) is 0 Å². The van der Waals surface area contributed by atoms with Gasteiger partial charge in [0.2, 0.25) is 5.91 Å². The van der Waals surface area contributed by atoms with Crippen LogP contribution < -0.4 is 11.1 Å². The number of carbonyl (C=O) groups is 1. The summed E-state index contributed by atoms with van der Waals surface area (Å²) in [5.41, 5.74) is 5.35. The smallest absolute Gasteiger partial charge is 0.235 e. The van der Waals surface area contributed by atoms with Crippen molar-refractivity contribution in [1.82, 2.24) is 10.2 Å². The van der Waals surface area contributed by atoms with Gasteiger partial charge in [0, 0.05) is 19.1 Å². The maximum absolute atomic E-state index is 11.2. The molecular formula is C12H25N3O. The molecular weight excluding hydrogens is 202 g/mol. The van der Waals surface area contributed by atoms with Crippen LogP contribution >= 0.6 is 0 Å². The molecule has 4 atom stereocenters. The molecule has 0 aromatic heterocycles. The first kappa shape index (κ1) is 13.5. The van der Waals surface area contributed by atoms with Crippen molar-refractivity contribution in [3.05, 3.63) is 0 Å². The molecule has 4 unspecified atom stereocenters. The number of nitrogens with two attached hydrogens (primary N) is 1. The molecule has 0 aromatic rings. The fourth-order valence-corrected chi connectivity index (χ4v) is 2.63. The highest BCUT2D eigenvalue weighted by molar-refractivity contribution is 5.80. The Bertz CT molecular complexity index is 244. The van der Waals surface area contributed by atoms with Crippen molar-refractivity contribution in [2.75, 3.05) is 20.1 Å². The number of nitrogens with zero attached hydrogens (tertiary/aromatic N) is 1. The van der Waals surface area contributed by atoms with Crippen LogP contribution in [-0.4, -0.2) is 43.0 Å². The molecule has 0 spiro atoms. The highest BCUT2D eigenvalue weighted by Gasteiger charge is 2.30. The predicted octanol–water partition coefficient (Wildman–Crippen LogP) is 0.426. The van der Waals surface area contributed by atoms with E-state index in [0.29, 0.717) is 17.9 Å². The van der Waals surface area contributed by atoms with E-state index in [9.17, 15) is 4.79 Å². The fourth-order valence-electron chi connectivity index (χ4n) is 2.63. The van der Waals surface area contributed by atoms with E-state index >= 15 is 0 Å². The first-order valence-corrected chi connectivity index (χ1v) is 6.16. The van der Waals surface area contributed by atoms with E-state index in [1.807, 2.05) is 0 Å². The molecule has 1 rings (SSSR count). The minimum absolute atomic E-state index is 0.236. The van der Waals surface area contributed by atoms with Crippen LogP contribution in [0.5, 0.6) is 0 Å². The summed E-state index contributed by atoms with van der Waals surface area (Å²) in [6.45, 7) is 8.59. The van der Waals surface area contributed by atoms with Gasteiger partial charge in [-0.3, -0.25) is 9.69 Å². The Balaban J connectivity index is 2.60. The minimum Gasteiger partial charge on any atom is -0.368 e. The van der Waals surface area contributed by atoms with E-state index in [-0.39, 0.29) is 11.9 Å². The third-order valence-corrected chi connectivity index (χ3v) is 3.83. The summed E-state index contributed by atoms with van der Waals surface area (Å²) in [5.74, 6) is 1.13. The first-order chi connectivity index (χ1) is 7.45. The second kappa shape index (κ2) is 5.64. The third-order valence-electron chi connectivity index (χ3n) is 3.83. The number of hydrogen-bond donors (Lipinski definition) is 2. The summed E-state index contributed by atoms with van der Waals surface area (Å²) < 4.78 is 0. The zero-order valence-corrected chi connectivity index (χ0v) is 10.9. The number of rotatable bonds is 4. The second-order valence-electron chi connectivity index (χ2n) is 5.26. The van der Waals surface area contributed by atoms with E-state index < -0.39 is 0 Å². The Morgan fingerprint density at radius 3 is 2.62 bits per heavy atom. The number of primary amides is 1. The number of nitrogens with one attached hydrogen (secondary N) is 1. The summed E-state index contributed by atoms with van der Waals surface area (Å²) in [4.78, 5) is 13.6. The van der Waals surface area contributed by atoms with Crippen molar-refractivity contribution in [2.45, 2.75) is 39.3 Å². The van der Waals surface area contributed by atoms with Gasteiger partial charge in [0.1, 0.15) is 0 Å². The van der Waals surface area contributed by atoms with Crippen molar-refractivity contribution in [3.63, 3.8) is 0 Å². The van der Waals surface area contributed by atoms with Gasteiger partial charge in [0.25, 0.3) is 0 Å². The first-order valence-electron chi connectivity index (χ1n) is 6.16. The lowest BCUT2D eigenvalue weighted by Crippen LogP contribution is -2.54. The largest absolute Gasteiger partial charge is 0.368 e. The van der Waals surface area contributed by atoms with Crippen LogP contribution in [0.2, 0.25) is 0 Å². The topological polar surface area (TPSA) is 58.4 Å². The molecule has 0 radical (unpaired) electrons. The lowest BCUT2D eigenvalue weighted by Gasteiger charge is -2.42. The van der Waals surface area contributed by atoms with Crippen molar-refractivity contribution in [1.29, 1.82) is 0 Å². The van der Waals surface area contributed by atoms with Crippen LogP contribution in [-0.2, 0) is 4.79 Å². The minimum atomic E-state index is -0.263. The van der Waals surface area contributed by atoms with E-state index in [1.54, 1.807) is 7.05 Å². The van der Waals surface area contributed by atoms with Crippen LogP contribution in [0, 0.1) is 11.8 Å². The van der Waals surface area contributed by atoms with Gasteiger partial charge < -0.3 is 11.1 Å². The number of amides is 1. The number of piperidine rings is 1. The number of hydrogen-bond acceptors (Lipinski definition) is 3. The van der Waals surface area contributed by atoms with Crippen molar-refractivity contribution >= 4 is 5.91 Å². The average Bonchev–Trinajstić information content (AvgIpc) is 2.20. The summed E-state index contributed by atoms with van der Waals surface area (Å²) in [7, 11) is 1.79. The molecule has 0 aromatic carbocycles. The van der Waals surface area contributed by atoms with Crippen molar-refractivity contribution in [3.8, 4) is 0 Å². The Labute approximate surface area is 98.6 Å². The molecule has 0 aliphatic carbocycles. The maximum Gasteiger partial charge on any atom is 0.235 e. The number of likely N-dealkylation sites (tertiary alicyclic amines) is 1. The Hall–Kier alpha value is -0.610. The summed E-state index contributed by atoms with van der Waals surface area (Å²) >= 11 is 0. The molecule has 16 heavy (non-hydrogen) atoms. The third kappa shape index (κ3) is 3.19. The monoisotopic (exact) mass is 227 g/mol. The van der Waals surface area contributed by atoms with Gasteiger partial charge in [-0.1, -0.05) is 13.8 Å². The lowest BCUT2D eigenvalue weighted by molar-refractivity contribution is -0.120. The molecule has 94 valence electrons. The normalized spacial score (nSPS) is 33.6. The summed E-state index contributed by atoms with van der Waals surface area (Å²) in [6.07, 6.45) is 1.28. The lowest BCUT2D eigenvalue weighted by atomic mass is 9.86. The Morgan fingerprint density at radius 1 is 1.50 bits per heavy atom. The quantitative estimate of drug-likeness (QED) is 0.732. The highest BCUT2D eigenvalue weighted by atomic mass is 16.1. The molecule has 1 aliphatic rings. The zero-order valence-electron chi connectivity index (χ0n) is 10.9. The second-order valence-corrected chi connectivity index (χ2v) is 5.26. The highest BCUT2D eigenvalue weighted by Crippen LogP contribution is 2.26. The molecule has 1 saturated heterocycles. The van der Waals surface area contributed by atoms with Crippen LogP contribution in [0.15, 0.2) is 0 Å². The molecule has 0 bridgehead atoms. The zero-order chi connectivity index (χ0) is 12.3. The van der Waals surface area contributed by atoms with Gasteiger partial charge in [0.15, 0.2) is 0 Å². The van der Waals surface area contributed by atoms with Crippen LogP contribution in [0.4, 0.5) is 0 Å². The van der Waals surface area contributed by atoms with Crippen molar-refractivity contribution in [2.24, 2.45) is 17.6 Å². The molecule has 4 nitrogen and oxygen atoms in total. The molecule has 1 aliphatic heterocycles. The molecule has 4 heteroatoms. The Morgan fingerprint density at radius 2 is 2.12 bits per heavy atom. The van der Waals surface area contributed by atoms with E-state index in [0.717, 1.165) is 13.1 Å². The van der Waals surface area contributed by atoms with Crippen LogP contribution in [0.1, 0.15) is 27.2 Å². The molecule has 1 amide bonds. The van der Waals surface area contributed by atoms with E-state index in [4.69, 9.17) is 5.73 Å². The number of likely N-dealkylation sites (N-methyl/N-ethyl adjacent to an activating group) is 1. The predicted molar refractivity (Wildman–Crippen MR) is 66.0 cm³/mol. The molecule has 0 saturated carbocycles. The van der Waals surface area contributed by atoms with Gasteiger partial charge in [-0.25, -0.2) is 0 Å². The van der Waals surface area contributed by atoms with Crippen LogP contribution in [0.25, 0.3) is 0 Å². The maximum atomic E-state index is 11.2. The van der Waals surface area contributed by atoms with Crippen LogP contribution in [0.3, 0.4) is 0 Å². The van der Waals surface area contributed by atoms with E-state index in [1.165, 1.54) is 6.42 Å². The van der Waals surface area contributed by atoms with Crippen molar-refractivity contribution < 1.29 is 4.79 Å². The molecule has 1 fully saturated rings. The summed E-state index contributed by atoms with van der Waals surface area (Å²) in [6, 6.07) is 0.298. The van der Waals surface area contributed by atoms with E-state index in [2.05, 4.69) is 31.0 Å². The van der Waals surface area contributed by atoms with Gasteiger partial charge in [-0.05, 0) is 32.2 Å². The standard InChI is InChI=1S/C12H25N3O/c1-8-5-9(2)10(3)15(6-8)7-11(14-4)12(13)16/h8-11,14H,5-7H2,1-4H3,(H2,13,16). The Kier molecular flexibility index (Phi) is 4.74. The average molecular weight is 227 g/mol.